The number of anilines is 1. The average molecular weight is 577 g/mol. The fourth-order valence-electron chi connectivity index (χ4n) is 7.40. The van der Waals surface area contributed by atoms with Crippen molar-refractivity contribution in [2.24, 2.45) is 5.92 Å². The van der Waals surface area contributed by atoms with Crippen LogP contribution in [-0.2, 0) is 11.3 Å². The van der Waals surface area contributed by atoms with Gasteiger partial charge in [-0.05, 0) is 79.8 Å². The van der Waals surface area contributed by atoms with Crippen LogP contribution in [0.2, 0.25) is 5.02 Å². The summed E-state index contributed by atoms with van der Waals surface area (Å²) < 4.78 is 7.40. The van der Waals surface area contributed by atoms with Crippen LogP contribution in [0.25, 0.3) is 22.2 Å². The van der Waals surface area contributed by atoms with E-state index < -0.39 is 0 Å². The van der Waals surface area contributed by atoms with Crippen LogP contribution in [-0.4, -0.2) is 61.8 Å². The van der Waals surface area contributed by atoms with Gasteiger partial charge in [0.1, 0.15) is 0 Å². The molecule has 6 rings (SSSR count). The zero-order valence-corrected chi connectivity index (χ0v) is 25.0. The Hall–Kier alpha value is -3.19. The normalized spacial score (nSPS) is 18.1. The van der Waals surface area contributed by atoms with Crippen molar-refractivity contribution < 1.29 is 14.3 Å². The minimum Gasteiger partial charge on any atom is -0.453 e. The van der Waals surface area contributed by atoms with Crippen LogP contribution in [0.15, 0.2) is 36.4 Å². The number of nitrogens with zero attached hydrogens (tertiary/aromatic N) is 3. The number of hydrogen-bond acceptors (Lipinski definition) is 4. The molecule has 2 aliphatic heterocycles. The van der Waals surface area contributed by atoms with Gasteiger partial charge in [-0.1, -0.05) is 36.9 Å². The van der Waals surface area contributed by atoms with Crippen molar-refractivity contribution in [1.29, 1.82) is 0 Å². The van der Waals surface area contributed by atoms with Gasteiger partial charge in [0.05, 0.1) is 12.8 Å². The van der Waals surface area contributed by atoms with Gasteiger partial charge >= 0.3 is 6.09 Å². The van der Waals surface area contributed by atoms with Crippen molar-refractivity contribution in [3.63, 3.8) is 0 Å². The highest BCUT2D eigenvalue weighted by Gasteiger charge is 2.31. The molecule has 2 fully saturated rings. The summed E-state index contributed by atoms with van der Waals surface area (Å²) in [6, 6.07) is 12.6. The Morgan fingerprint density at radius 3 is 2.49 bits per heavy atom. The molecule has 0 unspecified atom stereocenters. The third kappa shape index (κ3) is 5.41. The van der Waals surface area contributed by atoms with Gasteiger partial charge in [-0.3, -0.25) is 4.79 Å². The zero-order chi connectivity index (χ0) is 28.5. The predicted octanol–water partition coefficient (Wildman–Crippen LogP) is 7.06. The molecule has 1 aromatic heterocycles. The number of nitrogens with one attached hydrogen (secondary N) is 1. The molecule has 3 aliphatic rings. The summed E-state index contributed by atoms with van der Waals surface area (Å²) in [6.45, 7) is 4.19. The molecule has 1 N–H and O–H groups in total. The van der Waals surface area contributed by atoms with E-state index >= 15 is 0 Å². The van der Waals surface area contributed by atoms with Gasteiger partial charge < -0.3 is 24.4 Å². The number of carbonyl (C=O) groups excluding carboxylic acids is 2. The molecule has 2 amide bonds. The maximum absolute atomic E-state index is 12.6. The number of likely N-dealkylation sites (tertiary alicyclic amines) is 1. The van der Waals surface area contributed by atoms with Crippen LogP contribution in [0.5, 0.6) is 0 Å². The van der Waals surface area contributed by atoms with Crippen molar-refractivity contribution in [2.75, 3.05) is 45.2 Å². The molecule has 2 aromatic carbocycles. The minimum atomic E-state index is -0.220. The van der Waals surface area contributed by atoms with Crippen LogP contribution >= 0.6 is 11.6 Å². The molecule has 1 saturated carbocycles. The number of aromatic nitrogens is 1. The lowest BCUT2D eigenvalue weighted by atomic mass is 9.81. The fourth-order valence-corrected chi connectivity index (χ4v) is 7.57. The van der Waals surface area contributed by atoms with Crippen molar-refractivity contribution in [2.45, 2.75) is 63.8 Å². The largest absolute Gasteiger partial charge is 0.453 e. The topological polar surface area (TPSA) is 66.8 Å². The molecule has 0 radical (unpaired) electrons. The summed E-state index contributed by atoms with van der Waals surface area (Å²) in [5, 5.41) is 4.84. The number of benzene rings is 2. The van der Waals surface area contributed by atoms with Gasteiger partial charge in [0.15, 0.2) is 0 Å². The molecule has 1 aliphatic carbocycles. The standard InChI is InChI=1S/C33H41ClN4O3/c1-35-32(39)24-8-10-26-29(20-24)38-19-18-36(15-12-22-13-16-37(17-14-22)33(40)41-2)28-21-25(34)9-11-27(28)31(38)30(26)23-6-4-3-5-7-23/h8-11,20-23H,3-7,12-19H2,1-2H3,(H,35,39). The Kier molecular flexibility index (Phi) is 8.16. The number of halogens is 1. The monoisotopic (exact) mass is 576 g/mol. The van der Waals surface area contributed by atoms with E-state index in [1.807, 2.05) is 17.0 Å². The summed E-state index contributed by atoms with van der Waals surface area (Å²) in [7, 11) is 3.14. The van der Waals surface area contributed by atoms with Crippen molar-refractivity contribution in [3.8, 4) is 11.3 Å². The summed E-state index contributed by atoms with van der Waals surface area (Å²) >= 11 is 6.64. The second kappa shape index (κ2) is 12.0. The van der Waals surface area contributed by atoms with E-state index in [-0.39, 0.29) is 12.0 Å². The predicted molar refractivity (Wildman–Crippen MR) is 165 cm³/mol. The van der Waals surface area contributed by atoms with Crippen LogP contribution in [0.4, 0.5) is 10.5 Å². The molecular formula is C33H41ClN4O3. The lowest BCUT2D eigenvalue weighted by Gasteiger charge is -2.33. The second-order valence-electron chi connectivity index (χ2n) is 11.9. The maximum Gasteiger partial charge on any atom is 0.409 e. The molecular weight excluding hydrogens is 536 g/mol. The van der Waals surface area contributed by atoms with Crippen molar-refractivity contribution in [1.82, 2.24) is 14.8 Å². The maximum atomic E-state index is 12.6. The first-order valence-corrected chi connectivity index (χ1v) is 15.6. The molecule has 3 heterocycles. The van der Waals surface area contributed by atoms with E-state index in [0.29, 0.717) is 17.4 Å². The third-order valence-corrected chi connectivity index (χ3v) is 9.85. The number of rotatable bonds is 5. The lowest BCUT2D eigenvalue weighted by Crippen LogP contribution is -2.39. The lowest BCUT2D eigenvalue weighted by molar-refractivity contribution is 0.0962. The molecule has 1 saturated heterocycles. The highest BCUT2D eigenvalue weighted by atomic mass is 35.5. The van der Waals surface area contributed by atoms with E-state index in [0.717, 1.165) is 62.5 Å². The smallest absolute Gasteiger partial charge is 0.409 e. The summed E-state index contributed by atoms with van der Waals surface area (Å²) in [5.74, 6) is 1.04. The number of methoxy groups -OCH3 is 1. The molecule has 7 nitrogen and oxygen atoms in total. The Bertz CT molecular complexity index is 1440. The van der Waals surface area contributed by atoms with Crippen molar-refractivity contribution in [3.05, 3.63) is 52.5 Å². The summed E-state index contributed by atoms with van der Waals surface area (Å²) in [6.07, 6.45) is 9.12. The van der Waals surface area contributed by atoms with Crippen LogP contribution in [0.1, 0.15) is 73.2 Å². The molecule has 0 atom stereocenters. The number of carbonyl (C=O) groups is 2. The first-order valence-electron chi connectivity index (χ1n) is 15.2. The molecule has 8 heteroatoms. The molecule has 41 heavy (non-hydrogen) atoms. The number of amides is 2. The number of piperidine rings is 1. The highest BCUT2D eigenvalue weighted by Crippen LogP contribution is 2.48. The number of fused-ring (bicyclic) bond motifs is 5. The quantitative estimate of drug-likeness (QED) is 0.353. The second-order valence-corrected chi connectivity index (χ2v) is 12.3. The van der Waals surface area contributed by atoms with Crippen molar-refractivity contribution >= 4 is 40.2 Å². The highest BCUT2D eigenvalue weighted by molar-refractivity contribution is 6.31. The van der Waals surface area contributed by atoms with E-state index in [4.69, 9.17) is 16.3 Å². The van der Waals surface area contributed by atoms with E-state index in [9.17, 15) is 9.59 Å². The summed E-state index contributed by atoms with van der Waals surface area (Å²) in [5.41, 5.74) is 7.05. The average Bonchev–Trinajstić information content (AvgIpc) is 3.25. The van der Waals surface area contributed by atoms with Gasteiger partial charge in [-0.2, -0.15) is 0 Å². The van der Waals surface area contributed by atoms with Crippen LogP contribution in [0, 0.1) is 5.92 Å². The molecule has 3 aromatic rings. The van der Waals surface area contributed by atoms with Gasteiger partial charge in [0, 0.05) is 72.5 Å². The van der Waals surface area contributed by atoms with Crippen LogP contribution < -0.4 is 10.2 Å². The SMILES string of the molecule is CNC(=O)c1ccc2c(C3CCCCC3)c3n(c2c1)CCN(CCC1CCN(C(=O)OC)CC1)c1cc(Cl)ccc1-3. The third-order valence-electron chi connectivity index (χ3n) is 9.61. The van der Waals surface area contributed by atoms with E-state index in [1.165, 1.54) is 67.1 Å². The van der Waals surface area contributed by atoms with Gasteiger partial charge in [0.25, 0.3) is 5.91 Å². The zero-order valence-electron chi connectivity index (χ0n) is 24.3. The first kappa shape index (κ1) is 28.0. The Morgan fingerprint density at radius 2 is 1.76 bits per heavy atom. The van der Waals surface area contributed by atoms with E-state index in [1.54, 1.807) is 7.05 Å². The summed E-state index contributed by atoms with van der Waals surface area (Å²) in [4.78, 5) is 28.9. The molecule has 218 valence electrons. The molecule has 0 bridgehead atoms. The number of ether oxygens (including phenoxy) is 1. The Morgan fingerprint density at radius 1 is 0.976 bits per heavy atom. The van der Waals surface area contributed by atoms with Gasteiger partial charge in [-0.15, -0.1) is 0 Å². The Labute approximate surface area is 247 Å². The van der Waals surface area contributed by atoms with E-state index in [2.05, 4.69) is 39.0 Å². The number of hydrogen-bond donors (Lipinski definition) is 1. The van der Waals surface area contributed by atoms with Crippen LogP contribution in [0.3, 0.4) is 0 Å². The fraction of sp³-hybridized carbons (Fsp3) is 0.515. The first-order chi connectivity index (χ1) is 20.0. The van der Waals surface area contributed by atoms with Gasteiger partial charge in [0.2, 0.25) is 0 Å². The molecule has 0 spiro atoms. The minimum absolute atomic E-state index is 0.0534. The van der Waals surface area contributed by atoms with Gasteiger partial charge in [-0.25, -0.2) is 4.79 Å². The Balaban J connectivity index is 1.37.